The van der Waals surface area contributed by atoms with E-state index in [-0.39, 0.29) is 5.54 Å². The number of hydrogen-bond acceptors (Lipinski definition) is 3. The van der Waals surface area contributed by atoms with Gasteiger partial charge in [0, 0.05) is 23.8 Å². The number of methoxy groups -OCH3 is 1. The molecule has 0 atom stereocenters. The van der Waals surface area contributed by atoms with Gasteiger partial charge in [-0.25, -0.2) is 9.98 Å². The minimum atomic E-state index is -0.0278. The van der Waals surface area contributed by atoms with Gasteiger partial charge in [0.05, 0.1) is 13.7 Å². The van der Waals surface area contributed by atoms with E-state index in [0.717, 1.165) is 18.1 Å². The van der Waals surface area contributed by atoms with Gasteiger partial charge in [-0.15, -0.1) is 0 Å². The summed E-state index contributed by atoms with van der Waals surface area (Å²) in [5.41, 5.74) is 0.941. The molecule has 1 aromatic rings. The Morgan fingerprint density at radius 2 is 2.16 bits per heavy atom. The molecule has 0 bridgehead atoms. The van der Waals surface area contributed by atoms with Gasteiger partial charge in [-0.05, 0) is 33.8 Å². The molecule has 1 heterocycles. The van der Waals surface area contributed by atoms with Crippen LogP contribution in [0.3, 0.4) is 0 Å². The Bertz CT molecular complexity index is 424. The van der Waals surface area contributed by atoms with E-state index < -0.39 is 0 Å². The highest BCUT2D eigenvalue weighted by atomic mass is 16.5. The van der Waals surface area contributed by atoms with Gasteiger partial charge in [-0.1, -0.05) is 6.07 Å². The van der Waals surface area contributed by atoms with Crippen LogP contribution in [0.15, 0.2) is 23.3 Å². The summed E-state index contributed by atoms with van der Waals surface area (Å²) in [5, 5.41) is 6.57. The van der Waals surface area contributed by atoms with Crippen LogP contribution in [0.2, 0.25) is 0 Å². The SMILES string of the molecule is CCNC(=NCc1cccnc1OC)NC(C)(C)C. The molecule has 19 heavy (non-hydrogen) atoms. The predicted molar refractivity (Wildman–Crippen MR) is 78.5 cm³/mol. The zero-order valence-corrected chi connectivity index (χ0v) is 12.4. The summed E-state index contributed by atoms with van der Waals surface area (Å²) < 4.78 is 5.22. The van der Waals surface area contributed by atoms with Gasteiger partial charge in [0.2, 0.25) is 5.88 Å². The van der Waals surface area contributed by atoms with Gasteiger partial charge in [-0.3, -0.25) is 0 Å². The van der Waals surface area contributed by atoms with Crippen molar-refractivity contribution in [3.8, 4) is 5.88 Å². The van der Waals surface area contributed by atoms with Crippen molar-refractivity contribution in [2.75, 3.05) is 13.7 Å². The molecule has 0 saturated heterocycles. The molecule has 0 aliphatic heterocycles. The molecule has 0 aliphatic carbocycles. The number of hydrogen-bond donors (Lipinski definition) is 2. The number of rotatable bonds is 4. The Labute approximate surface area is 115 Å². The zero-order valence-electron chi connectivity index (χ0n) is 12.4. The van der Waals surface area contributed by atoms with Crippen molar-refractivity contribution in [2.24, 2.45) is 4.99 Å². The third-order valence-electron chi connectivity index (χ3n) is 2.29. The summed E-state index contributed by atoms with van der Waals surface area (Å²) in [6.07, 6.45) is 1.71. The predicted octanol–water partition coefficient (Wildman–Crippen LogP) is 1.94. The molecule has 0 aromatic carbocycles. The molecule has 106 valence electrons. The molecule has 0 radical (unpaired) electrons. The lowest BCUT2D eigenvalue weighted by molar-refractivity contribution is 0.392. The van der Waals surface area contributed by atoms with E-state index in [1.54, 1.807) is 13.3 Å². The van der Waals surface area contributed by atoms with Crippen molar-refractivity contribution in [1.82, 2.24) is 15.6 Å². The van der Waals surface area contributed by atoms with Crippen molar-refractivity contribution in [2.45, 2.75) is 39.8 Å². The first-order chi connectivity index (χ1) is 8.96. The number of nitrogens with one attached hydrogen (secondary N) is 2. The lowest BCUT2D eigenvalue weighted by atomic mass is 10.1. The average Bonchev–Trinajstić information content (AvgIpc) is 2.35. The fourth-order valence-corrected chi connectivity index (χ4v) is 1.55. The monoisotopic (exact) mass is 264 g/mol. The van der Waals surface area contributed by atoms with E-state index in [1.165, 1.54) is 0 Å². The molecule has 0 amide bonds. The van der Waals surface area contributed by atoms with Crippen LogP contribution in [0.4, 0.5) is 0 Å². The van der Waals surface area contributed by atoms with Crippen molar-refractivity contribution in [3.05, 3.63) is 23.9 Å². The van der Waals surface area contributed by atoms with Crippen molar-refractivity contribution in [3.63, 3.8) is 0 Å². The molecule has 2 N–H and O–H groups in total. The fourth-order valence-electron chi connectivity index (χ4n) is 1.55. The van der Waals surface area contributed by atoms with Crippen LogP contribution in [-0.2, 0) is 6.54 Å². The Morgan fingerprint density at radius 3 is 2.74 bits per heavy atom. The minimum absolute atomic E-state index is 0.0278. The highest BCUT2D eigenvalue weighted by Crippen LogP contribution is 2.14. The molecule has 1 aromatic heterocycles. The molecular formula is C14H24N4O. The molecular weight excluding hydrogens is 240 g/mol. The van der Waals surface area contributed by atoms with Gasteiger partial charge < -0.3 is 15.4 Å². The smallest absolute Gasteiger partial charge is 0.218 e. The first-order valence-electron chi connectivity index (χ1n) is 6.50. The van der Waals surface area contributed by atoms with Crippen LogP contribution < -0.4 is 15.4 Å². The zero-order chi connectivity index (χ0) is 14.3. The molecule has 5 heteroatoms. The standard InChI is InChI=1S/C14H24N4O/c1-6-15-13(18-14(2,3)4)17-10-11-8-7-9-16-12(11)19-5/h7-9H,6,10H2,1-5H3,(H2,15,17,18). The Morgan fingerprint density at radius 1 is 1.42 bits per heavy atom. The maximum atomic E-state index is 5.22. The second-order valence-electron chi connectivity index (χ2n) is 5.24. The van der Waals surface area contributed by atoms with Gasteiger partial charge >= 0.3 is 0 Å². The molecule has 0 spiro atoms. The second-order valence-corrected chi connectivity index (χ2v) is 5.24. The second kappa shape index (κ2) is 6.97. The molecule has 0 fully saturated rings. The maximum Gasteiger partial charge on any atom is 0.218 e. The molecule has 0 saturated carbocycles. The van der Waals surface area contributed by atoms with Crippen LogP contribution in [0.25, 0.3) is 0 Å². The normalized spacial score (nSPS) is 12.2. The summed E-state index contributed by atoms with van der Waals surface area (Å²) in [7, 11) is 1.62. The Hall–Kier alpha value is -1.78. The average molecular weight is 264 g/mol. The number of aliphatic imine (C=N–C) groups is 1. The largest absolute Gasteiger partial charge is 0.481 e. The quantitative estimate of drug-likeness (QED) is 0.644. The van der Waals surface area contributed by atoms with Gasteiger partial charge in [0.25, 0.3) is 0 Å². The number of pyridine rings is 1. The minimum Gasteiger partial charge on any atom is -0.481 e. The first-order valence-corrected chi connectivity index (χ1v) is 6.50. The van der Waals surface area contributed by atoms with Crippen LogP contribution in [0, 0.1) is 0 Å². The number of guanidine groups is 1. The summed E-state index contributed by atoms with van der Waals surface area (Å²) in [5.74, 6) is 1.42. The van der Waals surface area contributed by atoms with Crippen molar-refractivity contribution >= 4 is 5.96 Å². The number of ether oxygens (including phenoxy) is 1. The fraction of sp³-hybridized carbons (Fsp3) is 0.571. The lowest BCUT2D eigenvalue weighted by Crippen LogP contribution is -2.47. The van der Waals surface area contributed by atoms with Crippen molar-refractivity contribution in [1.29, 1.82) is 0 Å². The highest BCUT2D eigenvalue weighted by Gasteiger charge is 2.12. The van der Waals surface area contributed by atoms with Crippen LogP contribution >= 0.6 is 0 Å². The number of nitrogens with zero attached hydrogens (tertiary/aromatic N) is 2. The van der Waals surface area contributed by atoms with E-state index in [0.29, 0.717) is 12.4 Å². The topological polar surface area (TPSA) is 58.5 Å². The summed E-state index contributed by atoms with van der Waals surface area (Å²) in [4.78, 5) is 8.72. The van der Waals surface area contributed by atoms with E-state index in [9.17, 15) is 0 Å². The number of aromatic nitrogens is 1. The summed E-state index contributed by atoms with van der Waals surface area (Å²) in [6, 6.07) is 3.85. The summed E-state index contributed by atoms with van der Waals surface area (Å²) in [6.45, 7) is 9.71. The van der Waals surface area contributed by atoms with E-state index in [2.05, 4.69) is 41.4 Å². The maximum absolute atomic E-state index is 5.22. The first kappa shape index (κ1) is 15.3. The third-order valence-corrected chi connectivity index (χ3v) is 2.29. The Balaban J connectivity index is 2.80. The van der Waals surface area contributed by atoms with Gasteiger partial charge in [0.15, 0.2) is 5.96 Å². The van der Waals surface area contributed by atoms with Gasteiger partial charge in [0.1, 0.15) is 0 Å². The van der Waals surface area contributed by atoms with E-state index >= 15 is 0 Å². The van der Waals surface area contributed by atoms with Crippen LogP contribution in [-0.4, -0.2) is 30.1 Å². The molecule has 0 aliphatic rings. The Kier molecular flexibility index (Phi) is 5.60. The highest BCUT2D eigenvalue weighted by molar-refractivity contribution is 5.80. The lowest BCUT2D eigenvalue weighted by Gasteiger charge is -2.23. The van der Waals surface area contributed by atoms with E-state index in [4.69, 9.17) is 4.74 Å². The van der Waals surface area contributed by atoms with Crippen LogP contribution in [0.1, 0.15) is 33.3 Å². The molecule has 1 rings (SSSR count). The third kappa shape index (κ3) is 5.59. The molecule has 0 unspecified atom stereocenters. The van der Waals surface area contributed by atoms with Crippen molar-refractivity contribution < 1.29 is 4.74 Å². The van der Waals surface area contributed by atoms with Gasteiger partial charge in [-0.2, -0.15) is 0 Å². The van der Waals surface area contributed by atoms with Crippen LogP contribution in [0.5, 0.6) is 5.88 Å². The summed E-state index contributed by atoms with van der Waals surface area (Å²) >= 11 is 0. The van der Waals surface area contributed by atoms with E-state index in [1.807, 2.05) is 19.1 Å². The molecule has 5 nitrogen and oxygen atoms in total.